The first kappa shape index (κ1) is 12.0. The van der Waals surface area contributed by atoms with Gasteiger partial charge in [-0.1, -0.05) is 0 Å². The van der Waals surface area contributed by atoms with E-state index in [0.29, 0.717) is 37.2 Å². The van der Waals surface area contributed by atoms with E-state index in [1.165, 1.54) is 17.0 Å². The molecule has 100 valence electrons. The number of carboxylic acid groups (broad SMARTS) is 1. The van der Waals surface area contributed by atoms with Crippen LogP contribution in [0.2, 0.25) is 0 Å². The number of fused-ring (bicyclic) bond motifs is 2. The lowest BCUT2D eigenvalue weighted by Crippen LogP contribution is -2.47. The summed E-state index contributed by atoms with van der Waals surface area (Å²) in [6.45, 7) is 0.581. The zero-order valence-corrected chi connectivity index (χ0v) is 10.1. The third kappa shape index (κ3) is 1.67. The molecule has 1 aromatic rings. The van der Waals surface area contributed by atoms with E-state index < -0.39 is 11.5 Å². The van der Waals surface area contributed by atoms with E-state index in [-0.39, 0.29) is 11.7 Å². The molecule has 0 aliphatic carbocycles. The topological polar surface area (TPSA) is 69.6 Å². The van der Waals surface area contributed by atoms with Crippen LogP contribution >= 0.6 is 0 Å². The Kier molecular flexibility index (Phi) is 2.48. The van der Waals surface area contributed by atoms with Crippen molar-refractivity contribution in [2.75, 3.05) is 18.4 Å². The molecule has 19 heavy (non-hydrogen) atoms. The number of hydrogen-bond donors (Lipinski definition) is 2. The van der Waals surface area contributed by atoms with Crippen LogP contribution in [0.5, 0.6) is 0 Å². The van der Waals surface area contributed by atoms with E-state index >= 15 is 0 Å². The van der Waals surface area contributed by atoms with E-state index in [9.17, 15) is 14.0 Å². The highest BCUT2D eigenvalue weighted by Crippen LogP contribution is 2.45. The quantitative estimate of drug-likeness (QED) is 0.750. The first-order valence-corrected chi connectivity index (χ1v) is 6.12. The van der Waals surface area contributed by atoms with Gasteiger partial charge >= 0.3 is 6.09 Å². The predicted octanol–water partition coefficient (Wildman–Crippen LogP) is 1.79. The van der Waals surface area contributed by atoms with Gasteiger partial charge in [-0.05, 0) is 36.6 Å². The van der Waals surface area contributed by atoms with Crippen LogP contribution in [0.4, 0.5) is 14.9 Å². The molecular weight excluding hydrogens is 251 g/mol. The number of hydrogen-bond acceptors (Lipinski definition) is 2. The minimum absolute atomic E-state index is 0.155. The maximum absolute atomic E-state index is 13.4. The number of anilines is 1. The molecule has 1 spiro atoms. The van der Waals surface area contributed by atoms with Crippen LogP contribution in [-0.4, -0.2) is 35.1 Å². The Morgan fingerprint density at radius 1 is 1.37 bits per heavy atom. The van der Waals surface area contributed by atoms with Crippen molar-refractivity contribution in [1.29, 1.82) is 0 Å². The number of benzene rings is 1. The number of rotatable bonds is 0. The summed E-state index contributed by atoms with van der Waals surface area (Å²) in [5.74, 6) is -0.534. The first-order valence-electron chi connectivity index (χ1n) is 6.12. The Morgan fingerprint density at radius 3 is 2.68 bits per heavy atom. The molecule has 2 aliphatic heterocycles. The Hall–Kier alpha value is -2.11. The van der Waals surface area contributed by atoms with E-state index in [1.807, 2.05) is 0 Å². The summed E-state index contributed by atoms with van der Waals surface area (Å²) in [6, 6.07) is 4.25. The van der Waals surface area contributed by atoms with E-state index in [0.717, 1.165) is 0 Å². The molecule has 6 heteroatoms. The Labute approximate surface area is 109 Å². The molecule has 2 N–H and O–H groups in total. The number of likely N-dealkylation sites (tertiary alicyclic amines) is 1. The van der Waals surface area contributed by atoms with Crippen molar-refractivity contribution in [1.82, 2.24) is 4.90 Å². The van der Waals surface area contributed by atoms with Crippen LogP contribution in [-0.2, 0) is 10.2 Å². The highest BCUT2D eigenvalue weighted by Gasteiger charge is 2.49. The van der Waals surface area contributed by atoms with Gasteiger partial charge in [0.1, 0.15) is 5.82 Å². The zero-order valence-electron chi connectivity index (χ0n) is 10.1. The second-order valence-electron chi connectivity index (χ2n) is 5.00. The molecular formula is C13H13FN2O3. The molecule has 0 radical (unpaired) electrons. The lowest BCUT2D eigenvalue weighted by atomic mass is 9.74. The van der Waals surface area contributed by atoms with Crippen LogP contribution < -0.4 is 5.32 Å². The van der Waals surface area contributed by atoms with Gasteiger partial charge in [-0.2, -0.15) is 0 Å². The lowest BCUT2D eigenvalue weighted by molar-refractivity contribution is -0.122. The molecule has 0 unspecified atom stereocenters. The van der Waals surface area contributed by atoms with Gasteiger partial charge in [0.05, 0.1) is 5.41 Å². The summed E-state index contributed by atoms with van der Waals surface area (Å²) >= 11 is 0. The van der Waals surface area contributed by atoms with Crippen molar-refractivity contribution in [3.8, 4) is 0 Å². The summed E-state index contributed by atoms with van der Waals surface area (Å²) in [5, 5.41) is 11.7. The summed E-state index contributed by atoms with van der Waals surface area (Å²) in [7, 11) is 0. The van der Waals surface area contributed by atoms with Crippen molar-refractivity contribution in [2.45, 2.75) is 18.3 Å². The summed E-state index contributed by atoms with van der Waals surface area (Å²) < 4.78 is 13.4. The normalized spacial score (nSPS) is 20.3. The van der Waals surface area contributed by atoms with Crippen LogP contribution in [0, 0.1) is 5.82 Å². The smallest absolute Gasteiger partial charge is 0.407 e. The van der Waals surface area contributed by atoms with Gasteiger partial charge in [0.15, 0.2) is 0 Å². The van der Waals surface area contributed by atoms with E-state index in [1.54, 1.807) is 6.07 Å². The average molecular weight is 264 g/mol. The third-order valence-corrected chi connectivity index (χ3v) is 4.07. The monoisotopic (exact) mass is 264 g/mol. The molecule has 0 aromatic heterocycles. The predicted molar refractivity (Wildman–Crippen MR) is 65.5 cm³/mol. The van der Waals surface area contributed by atoms with Crippen LogP contribution in [0.1, 0.15) is 18.4 Å². The molecule has 1 fully saturated rings. The maximum Gasteiger partial charge on any atom is 0.407 e. The number of piperidine rings is 1. The van der Waals surface area contributed by atoms with Gasteiger partial charge in [-0.3, -0.25) is 4.79 Å². The van der Waals surface area contributed by atoms with Crippen molar-refractivity contribution >= 4 is 17.7 Å². The van der Waals surface area contributed by atoms with Crippen LogP contribution in [0.15, 0.2) is 18.2 Å². The van der Waals surface area contributed by atoms with E-state index in [4.69, 9.17) is 5.11 Å². The molecule has 5 nitrogen and oxygen atoms in total. The number of carbonyl (C=O) groups excluding carboxylic acids is 1. The maximum atomic E-state index is 13.4. The fraction of sp³-hybridized carbons (Fsp3) is 0.385. The molecule has 1 saturated heterocycles. The fourth-order valence-corrected chi connectivity index (χ4v) is 2.96. The molecule has 0 atom stereocenters. The SMILES string of the molecule is O=C(O)N1CCC2(CC1)C(=O)Nc1ccc(F)cc12. The minimum atomic E-state index is -0.979. The van der Waals surface area contributed by atoms with Gasteiger partial charge in [-0.15, -0.1) is 0 Å². The van der Waals surface area contributed by atoms with Gasteiger partial charge in [0.2, 0.25) is 5.91 Å². The van der Waals surface area contributed by atoms with Crippen molar-refractivity contribution in [3.63, 3.8) is 0 Å². The second kappa shape index (κ2) is 3.94. The van der Waals surface area contributed by atoms with Crippen molar-refractivity contribution in [3.05, 3.63) is 29.6 Å². The number of nitrogens with zero attached hydrogens (tertiary/aromatic N) is 1. The molecule has 2 heterocycles. The first-order chi connectivity index (χ1) is 9.03. The molecule has 3 rings (SSSR count). The largest absolute Gasteiger partial charge is 0.465 e. The summed E-state index contributed by atoms with van der Waals surface area (Å²) in [5.41, 5.74) is 0.515. The van der Waals surface area contributed by atoms with Crippen molar-refractivity contribution in [2.24, 2.45) is 0 Å². The second-order valence-corrected chi connectivity index (χ2v) is 5.00. The Morgan fingerprint density at radius 2 is 2.05 bits per heavy atom. The average Bonchev–Trinajstić information content (AvgIpc) is 2.64. The van der Waals surface area contributed by atoms with Gasteiger partial charge in [-0.25, -0.2) is 9.18 Å². The number of carbonyl (C=O) groups is 2. The number of amides is 2. The van der Waals surface area contributed by atoms with Crippen molar-refractivity contribution < 1.29 is 19.1 Å². The molecule has 1 aromatic carbocycles. The Balaban J connectivity index is 1.96. The van der Waals surface area contributed by atoms with Gasteiger partial charge in [0.25, 0.3) is 0 Å². The molecule has 0 saturated carbocycles. The van der Waals surface area contributed by atoms with E-state index in [2.05, 4.69) is 5.32 Å². The highest BCUT2D eigenvalue weighted by molar-refractivity contribution is 6.06. The number of nitrogens with one attached hydrogen (secondary N) is 1. The van der Waals surface area contributed by atoms with Crippen LogP contribution in [0.25, 0.3) is 0 Å². The summed E-state index contributed by atoms with van der Waals surface area (Å²) in [4.78, 5) is 24.4. The standard InChI is InChI=1S/C13H13FN2O3/c14-8-1-2-10-9(7-8)13(11(17)15-10)3-5-16(6-4-13)12(18)19/h1-2,7H,3-6H2,(H,15,17)(H,18,19). The Bertz CT molecular complexity index is 565. The summed E-state index contributed by atoms with van der Waals surface area (Å²) in [6.07, 6.45) is -0.198. The lowest BCUT2D eigenvalue weighted by Gasteiger charge is -2.36. The molecule has 0 bridgehead atoms. The van der Waals surface area contributed by atoms with Gasteiger partial charge in [0, 0.05) is 18.8 Å². The zero-order chi connectivity index (χ0) is 13.6. The number of halogens is 1. The minimum Gasteiger partial charge on any atom is -0.465 e. The molecule has 2 amide bonds. The highest BCUT2D eigenvalue weighted by atomic mass is 19.1. The fourth-order valence-electron chi connectivity index (χ4n) is 2.96. The van der Waals surface area contributed by atoms with Gasteiger partial charge < -0.3 is 15.3 Å². The van der Waals surface area contributed by atoms with Crippen LogP contribution in [0.3, 0.4) is 0 Å². The molecule has 2 aliphatic rings. The third-order valence-electron chi connectivity index (χ3n) is 4.07.